The zero-order valence-corrected chi connectivity index (χ0v) is 13.2. The largest absolute Gasteiger partial charge is 0.388 e. The Morgan fingerprint density at radius 1 is 1.04 bits per heavy atom. The molecule has 1 N–H and O–H groups in total. The van der Waals surface area contributed by atoms with Gasteiger partial charge in [-0.15, -0.1) is 0 Å². The molecule has 1 aliphatic heterocycles. The van der Waals surface area contributed by atoms with Gasteiger partial charge in [0.1, 0.15) is 5.82 Å². The van der Waals surface area contributed by atoms with Gasteiger partial charge in [0.15, 0.2) is 0 Å². The Morgan fingerprint density at radius 3 is 2.43 bits per heavy atom. The highest BCUT2D eigenvalue weighted by molar-refractivity contribution is 5.66. The van der Waals surface area contributed by atoms with E-state index in [2.05, 4.69) is 11.0 Å². The van der Waals surface area contributed by atoms with Crippen LogP contribution in [0.2, 0.25) is 0 Å². The molecule has 1 unspecified atom stereocenters. The summed E-state index contributed by atoms with van der Waals surface area (Å²) < 4.78 is 13.0. The molecule has 0 amide bonds. The molecule has 23 heavy (non-hydrogen) atoms. The quantitative estimate of drug-likeness (QED) is 0.901. The third kappa shape index (κ3) is 4.27. The van der Waals surface area contributed by atoms with Crippen LogP contribution in [0.3, 0.4) is 0 Å². The number of hydrogen-bond donors (Lipinski definition) is 1. The average molecular weight is 311 g/mol. The van der Waals surface area contributed by atoms with Crippen LogP contribution in [0.1, 0.15) is 30.1 Å². The Labute approximate surface area is 136 Å². The molecule has 0 saturated heterocycles. The first-order valence-corrected chi connectivity index (χ1v) is 8.13. The Morgan fingerprint density at radius 2 is 1.78 bits per heavy atom. The molecule has 1 atom stereocenters. The molecule has 1 aliphatic rings. The van der Waals surface area contributed by atoms with Crippen LogP contribution >= 0.6 is 0 Å². The number of benzene rings is 2. The van der Waals surface area contributed by atoms with Crippen molar-refractivity contribution in [1.29, 1.82) is 0 Å². The van der Waals surface area contributed by atoms with E-state index in [1.54, 1.807) is 0 Å². The van der Waals surface area contributed by atoms with Crippen molar-refractivity contribution < 1.29 is 9.50 Å². The van der Waals surface area contributed by atoms with Crippen LogP contribution in [-0.2, 0) is 0 Å². The van der Waals surface area contributed by atoms with Crippen molar-refractivity contribution in [3.63, 3.8) is 0 Å². The van der Waals surface area contributed by atoms with E-state index in [0.29, 0.717) is 0 Å². The van der Waals surface area contributed by atoms with Gasteiger partial charge >= 0.3 is 0 Å². The Bertz CT molecular complexity index is 651. The second-order valence-electron chi connectivity index (χ2n) is 6.00. The molecular formula is C20H22FNO. The molecule has 0 aliphatic carbocycles. The maximum absolute atomic E-state index is 13.0. The topological polar surface area (TPSA) is 23.5 Å². The first-order chi connectivity index (χ1) is 11.2. The van der Waals surface area contributed by atoms with Gasteiger partial charge in [0.2, 0.25) is 0 Å². The molecule has 0 saturated carbocycles. The third-order valence-electron chi connectivity index (χ3n) is 4.41. The van der Waals surface area contributed by atoms with E-state index in [0.717, 1.165) is 43.6 Å². The van der Waals surface area contributed by atoms with Crippen molar-refractivity contribution in [2.24, 2.45) is 0 Å². The van der Waals surface area contributed by atoms with Crippen LogP contribution in [0.4, 0.5) is 4.39 Å². The lowest BCUT2D eigenvalue weighted by Crippen LogP contribution is -2.30. The molecule has 3 heteroatoms. The van der Waals surface area contributed by atoms with E-state index in [4.69, 9.17) is 0 Å². The summed E-state index contributed by atoms with van der Waals surface area (Å²) in [5.41, 5.74) is 3.37. The molecule has 0 radical (unpaired) electrons. The first-order valence-electron chi connectivity index (χ1n) is 8.13. The fraction of sp³-hybridized carbons (Fsp3) is 0.300. The van der Waals surface area contributed by atoms with Crippen LogP contribution in [0.15, 0.2) is 60.7 Å². The van der Waals surface area contributed by atoms with Gasteiger partial charge in [0.05, 0.1) is 6.10 Å². The second-order valence-corrected chi connectivity index (χ2v) is 6.00. The van der Waals surface area contributed by atoms with E-state index in [-0.39, 0.29) is 5.82 Å². The Hall–Kier alpha value is -1.97. The van der Waals surface area contributed by atoms with Gasteiger partial charge in [-0.1, -0.05) is 48.5 Å². The van der Waals surface area contributed by atoms with Crippen molar-refractivity contribution in [3.05, 3.63) is 77.6 Å². The van der Waals surface area contributed by atoms with E-state index >= 15 is 0 Å². The SMILES string of the molecule is OC(CCN1CC=C(c2ccc(F)cc2)CC1)c1ccccc1. The number of aliphatic hydroxyl groups excluding tert-OH is 1. The smallest absolute Gasteiger partial charge is 0.123 e. The minimum Gasteiger partial charge on any atom is -0.388 e. The number of nitrogens with zero attached hydrogens (tertiary/aromatic N) is 1. The molecule has 0 spiro atoms. The summed E-state index contributed by atoms with van der Waals surface area (Å²) in [5.74, 6) is -0.193. The zero-order chi connectivity index (χ0) is 16.1. The Kier molecular flexibility index (Phi) is 5.21. The summed E-state index contributed by atoms with van der Waals surface area (Å²) in [5, 5.41) is 10.2. The minimum atomic E-state index is -0.404. The molecule has 2 nitrogen and oxygen atoms in total. The monoisotopic (exact) mass is 311 g/mol. The highest BCUT2D eigenvalue weighted by atomic mass is 19.1. The molecule has 0 bridgehead atoms. The van der Waals surface area contributed by atoms with Crippen LogP contribution in [-0.4, -0.2) is 29.6 Å². The predicted molar refractivity (Wildman–Crippen MR) is 91.5 cm³/mol. The summed E-state index contributed by atoms with van der Waals surface area (Å²) in [6.07, 6.45) is 3.52. The maximum Gasteiger partial charge on any atom is 0.123 e. The second kappa shape index (κ2) is 7.53. The summed E-state index contributed by atoms with van der Waals surface area (Å²) in [6, 6.07) is 16.5. The fourth-order valence-electron chi connectivity index (χ4n) is 2.99. The van der Waals surface area contributed by atoms with Gasteiger partial charge in [0.25, 0.3) is 0 Å². The van der Waals surface area contributed by atoms with Gasteiger partial charge in [-0.25, -0.2) is 4.39 Å². The Balaban J connectivity index is 1.51. The summed E-state index contributed by atoms with van der Waals surface area (Å²) in [7, 11) is 0. The van der Waals surface area contributed by atoms with Crippen LogP contribution in [0.5, 0.6) is 0 Å². The number of aliphatic hydroxyl groups is 1. The molecule has 0 fully saturated rings. The first kappa shape index (κ1) is 15.9. The predicted octanol–water partition coefficient (Wildman–Crippen LogP) is 4.04. The number of halogens is 1. The van der Waals surface area contributed by atoms with Gasteiger partial charge in [-0.05, 0) is 41.7 Å². The molecule has 2 aromatic carbocycles. The molecule has 2 aromatic rings. The zero-order valence-electron chi connectivity index (χ0n) is 13.2. The van der Waals surface area contributed by atoms with E-state index in [9.17, 15) is 9.50 Å². The molecule has 3 rings (SSSR count). The van der Waals surface area contributed by atoms with Gasteiger partial charge in [0, 0.05) is 19.6 Å². The van der Waals surface area contributed by atoms with E-state index < -0.39 is 6.10 Å². The van der Waals surface area contributed by atoms with Crippen molar-refractivity contribution in [1.82, 2.24) is 4.90 Å². The maximum atomic E-state index is 13.0. The normalized spacial score (nSPS) is 16.9. The fourth-order valence-corrected chi connectivity index (χ4v) is 2.99. The molecule has 1 heterocycles. The lowest BCUT2D eigenvalue weighted by molar-refractivity contribution is 0.145. The molecule has 120 valence electrons. The number of hydrogen-bond acceptors (Lipinski definition) is 2. The summed E-state index contributed by atoms with van der Waals surface area (Å²) >= 11 is 0. The summed E-state index contributed by atoms with van der Waals surface area (Å²) in [4.78, 5) is 2.35. The van der Waals surface area contributed by atoms with Gasteiger partial charge < -0.3 is 5.11 Å². The van der Waals surface area contributed by atoms with Crippen LogP contribution in [0.25, 0.3) is 5.57 Å². The highest BCUT2D eigenvalue weighted by Gasteiger charge is 2.15. The lowest BCUT2D eigenvalue weighted by atomic mass is 9.99. The third-order valence-corrected chi connectivity index (χ3v) is 4.41. The van der Waals surface area contributed by atoms with Gasteiger partial charge in [-0.2, -0.15) is 0 Å². The lowest BCUT2D eigenvalue weighted by Gasteiger charge is -2.27. The minimum absolute atomic E-state index is 0.193. The summed E-state index contributed by atoms with van der Waals surface area (Å²) in [6.45, 7) is 2.74. The van der Waals surface area contributed by atoms with Crippen molar-refractivity contribution in [3.8, 4) is 0 Å². The van der Waals surface area contributed by atoms with Crippen molar-refractivity contribution in [2.75, 3.05) is 19.6 Å². The van der Waals surface area contributed by atoms with Crippen LogP contribution in [0, 0.1) is 5.82 Å². The highest BCUT2D eigenvalue weighted by Crippen LogP contribution is 2.23. The molecule has 0 aromatic heterocycles. The van der Waals surface area contributed by atoms with Gasteiger partial charge in [-0.3, -0.25) is 4.90 Å². The van der Waals surface area contributed by atoms with Crippen LogP contribution < -0.4 is 0 Å². The van der Waals surface area contributed by atoms with E-state index in [1.807, 2.05) is 42.5 Å². The average Bonchev–Trinajstić information content (AvgIpc) is 2.61. The number of rotatable bonds is 5. The van der Waals surface area contributed by atoms with E-state index in [1.165, 1.54) is 17.7 Å². The molecular weight excluding hydrogens is 289 g/mol. The van der Waals surface area contributed by atoms with Crippen molar-refractivity contribution in [2.45, 2.75) is 18.9 Å². The standard InChI is InChI=1S/C20H22FNO/c21-19-8-6-16(7-9-19)17-10-13-22(14-11-17)15-12-20(23)18-4-2-1-3-5-18/h1-10,20,23H,11-15H2. The van der Waals surface area contributed by atoms with Crippen molar-refractivity contribution >= 4 is 5.57 Å².